The lowest BCUT2D eigenvalue weighted by molar-refractivity contribution is -0.120. The van der Waals surface area contributed by atoms with Crippen molar-refractivity contribution in [1.29, 1.82) is 0 Å². The second-order valence-corrected chi connectivity index (χ2v) is 5.40. The molecule has 0 fully saturated rings. The lowest BCUT2D eigenvalue weighted by Gasteiger charge is -2.07. The highest BCUT2D eigenvalue weighted by atomic mass is 16.2. The van der Waals surface area contributed by atoms with Gasteiger partial charge in [0.25, 0.3) is 0 Å². The average molecular weight is 325 g/mol. The fraction of sp³-hybridized carbons (Fsp3) is 0.167. The van der Waals surface area contributed by atoms with E-state index < -0.39 is 5.91 Å². The van der Waals surface area contributed by atoms with Crippen LogP contribution in [0.3, 0.4) is 0 Å². The predicted octanol–water partition coefficient (Wildman–Crippen LogP) is 1.60. The fourth-order valence-corrected chi connectivity index (χ4v) is 2.19. The molecule has 124 valence electrons. The first-order chi connectivity index (χ1) is 11.4. The summed E-state index contributed by atoms with van der Waals surface area (Å²) in [5, 5.41) is 5.47. The zero-order chi connectivity index (χ0) is 17.5. The molecule has 0 aliphatic rings. The lowest BCUT2D eigenvalue weighted by atomic mass is 10.1. The van der Waals surface area contributed by atoms with E-state index in [2.05, 4.69) is 10.6 Å². The Kier molecular flexibility index (Phi) is 5.68. The van der Waals surface area contributed by atoms with Gasteiger partial charge in [-0.2, -0.15) is 0 Å². The Morgan fingerprint density at radius 2 is 1.71 bits per heavy atom. The van der Waals surface area contributed by atoms with Crippen molar-refractivity contribution in [1.82, 2.24) is 5.32 Å². The molecule has 0 bridgehead atoms. The van der Waals surface area contributed by atoms with Crippen molar-refractivity contribution < 1.29 is 14.4 Å². The molecular weight excluding hydrogens is 306 g/mol. The minimum Gasteiger partial charge on any atom is -0.366 e. The van der Waals surface area contributed by atoms with Crippen molar-refractivity contribution in [2.75, 3.05) is 5.32 Å². The first-order valence-electron chi connectivity index (χ1n) is 7.46. The highest BCUT2D eigenvalue weighted by molar-refractivity contribution is 5.93. The van der Waals surface area contributed by atoms with Crippen molar-refractivity contribution >= 4 is 23.4 Å². The summed E-state index contributed by atoms with van der Waals surface area (Å²) in [6, 6.07) is 13.9. The number of nitrogens with two attached hydrogens (primary N) is 1. The Balaban J connectivity index is 1.88. The molecule has 0 aromatic heterocycles. The van der Waals surface area contributed by atoms with Gasteiger partial charge in [0.15, 0.2) is 0 Å². The van der Waals surface area contributed by atoms with E-state index >= 15 is 0 Å². The van der Waals surface area contributed by atoms with Gasteiger partial charge in [-0.05, 0) is 35.4 Å². The molecule has 2 aromatic rings. The summed E-state index contributed by atoms with van der Waals surface area (Å²) in [4.78, 5) is 34.1. The number of benzene rings is 2. The Morgan fingerprint density at radius 3 is 2.33 bits per heavy atom. The maximum Gasteiger partial charge on any atom is 0.248 e. The smallest absolute Gasteiger partial charge is 0.248 e. The van der Waals surface area contributed by atoms with Crippen LogP contribution in [-0.4, -0.2) is 17.7 Å². The molecule has 0 heterocycles. The molecule has 0 aliphatic heterocycles. The Labute approximate surface area is 140 Å². The van der Waals surface area contributed by atoms with E-state index in [4.69, 9.17) is 5.73 Å². The molecule has 0 aliphatic carbocycles. The van der Waals surface area contributed by atoms with E-state index in [1.54, 1.807) is 42.5 Å². The third-order valence-corrected chi connectivity index (χ3v) is 3.34. The van der Waals surface area contributed by atoms with Gasteiger partial charge in [-0.15, -0.1) is 0 Å². The fourth-order valence-electron chi connectivity index (χ4n) is 2.19. The monoisotopic (exact) mass is 325 g/mol. The number of hydrogen-bond donors (Lipinski definition) is 3. The summed E-state index contributed by atoms with van der Waals surface area (Å²) in [5.41, 5.74) is 7.98. The second-order valence-electron chi connectivity index (χ2n) is 5.40. The quantitative estimate of drug-likeness (QED) is 0.752. The average Bonchev–Trinajstić information content (AvgIpc) is 2.54. The van der Waals surface area contributed by atoms with E-state index in [-0.39, 0.29) is 18.2 Å². The molecule has 0 radical (unpaired) electrons. The highest BCUT2D eigenvalue weighted by Gasteiger charge is 2.06. The van der Waals surface area contributed by atoms with Gasteiger partial charge < -0.3 is 16.4 Å². The molecule has 0 spiro atoms. The summed E-state index contributed by atoms with van der Waals surface area (Å²) in [7, 11) is 0. The normalized spacial score (nSPS) is 10.0. The van der Waals surface area contributed by atoms with Gasteiger partial charge >= 0.3 is 0 Å². The molecule has 2 rings (SSSR count). The molecule has 0 unspecified atom stereocenters. The number of nitrogens with one attached hydrogen (secondary N) is 2. The van der Waals surface area contributed by atoms with E-state index in [0.717, 1.165) is 11.1 Å². The zero-order valence-corrected chi connectivity index (χ0v) is 13.3. The van der Waals surface area contributed by atoms with Crippen molar-refractivity contribution in [3.05, 3.63) is 65.2 Å². The Hall–Kier alpha value is -3.15. The molecule has 6 nitrogen and oxygen atoms in total. The van der Waals surface area contributed by atoms with Crippen LogP contribution >= 0.6 is 0 Å². The van der Waals surface area contributed by atoms with Crippen molar-refractivity contribution in [2.24, 2.45) is 5.73 Å². The van der Waals surface area contributed by atoms with Crippen LogP contribution in [0.4, 0.5) is 5.69 Å². The first-order valence-corrected chi connectivity index (χ1v) is 7.46. The van der Waals surface area contributed by atoms with Crippen LogP contribution in [0.15, 0.2) is 48.5 Å². The van der Waals surface area contributed by atoms with Crippen molar-refractivity contribution in [2.45, 2.75) is 19.9 Å². The van der Waals surface area contributed by atoms with E-state index in [1.165, 1.54) is 6.92 Å². The van der Waals surface area contributed by atoms with E-state index in [9.17, 15) is 14.4 Å². The summed E-state index contributed by atoms with van der Waals surface area (Å²) in [5.74, 6) is -0.770. The molecule has 6 heteroatoms. The standard InChI is InChI=1S/C18H19N3O3/c1-12(22)21-16-7-5-13(6-8-16)10-17(23)20-11-14-3-2-4-15(9-14)18(19)24/h2-9H,10-11H2,1H3,(H2,19,24)(H,20,23)(H,21,22). The van der Waals surface area contributed by atoms with Gasteiger partial charge in [0.05, 0.1) is 6.42 Å². The highest BCUT2D eigenvalue weighted by Crippen LogP contribution is 2.10. The topological polar surface area (TPSA) is 101 Å². The summed E-state index contributed by atoms with van der Waals surface area (Å²) < 4.78 is 0. The summed E-state index contributed by atoms with van der Waals surface area (Å²) >= 11 is 0. The number of amides is 3. The minimum absolute atomic E-state index is 0.133. The van der Waals surface area contributed by atoms with Crippen LogP contribution in [0.25, 0.3) is 0 Å². The van der Waals surface area contributed by atoms with Gasteiger partial charge in [-0.25, -0.2) is 0 Å². The van der Waals surface area contributed by atoms with Crippen LogP contribution in [-0.2, 0) is 22.6 Å². The molecule has 0 atom stereocenters. The predicted molar refractivity (Wildman–Crippen MR) is 91.3 cm³/mol. The van der Waals surface area contributed by atoms with Gasteiger partial charge in [-0.3, -0.25) is 14.4 Å². The third-order valence-electron chi connectivity index (χ3n) is 3.34. The van der Waals surface area contributed by atoms with E-state index in [0.29, 0.717) is 17.8 Å². The van der Waals surface area contributed by atoms with Crippen molar-refractivity contribution in [3.8, 4) is 0 Å². The number of carbonyl (C=O) groups excluding carboxylic acids is 3. The van der Waals surface area contributed by atoms with E-state index in [1.807, 2.05) is 6.07 Å². The number of carbonyl (C=O) groups is 3. The first kappa shape index (κ1) is 17.2. The maximum absolute atomic E-state index is 12.0. The molecule has 0 saturated carbocycles. The SMILES string of the molecule is CC(=O)Nc1ccc(CC(=O)NCc2cccc(C(N)=O)c2)cc1. The Bertz CT molecular complexity index is 754. The number of primary amides is 1. The Morgan fingerprint density at radius 1 is 1.00 bits per heavy atom. The van der Waals surface area contributed by atoms with Gasteiger partial charge in [0.2, 0.25) is 17.7 Å². The zero-order valence-electron chi connectivity index (χ0n) is 13.3. The van der Waals surface area contributed by atoms with Gasteiger partial charge in [0.1, 0.15) is 0 Å². The van der Waals surface area contributed by atoms with Crippen LogP contribution in [0.1, 0.15) is 28.4 Å². The molecule has 24 heavy (non-hydrogen) atoms. The molecule has 0 saturated heterocycles. The van der Waals surface area contributed by atoms with Crippen LogP contribution < -0.4 is 16.4 Å². The minimum atomic E-state index is -0.498. The number of rotatable bonds is 6. The van der Waals surface area contributed by atoms with Gasteiger partial charge in [-0.1, -0.05) is 24.3 Å². The summed E-state index contributed by atoms with van der Waals surface area (Å²) in [6.45, 7) is 1.76. The molecule has 4 N–H and O–H groups in total. The molecule has 3 amide bonds. The van der Waals surface area contributed by atoms with Gasteiger partial charge in [0, 0.05) is 24.7 Å². The van der Waals surface area contributed by atoms with Crippen LogP contribution in [0.5, 0.6) is 0 Å². The van der Waals surface area contributed by atoms with Crippen LogP contribution in [0, 0.1) is 0 Å². The lowest BCUT2D eigenvalue weighted by Crippen LogP contribution is -2.24. The molecule has 2 aromatic carbocycles. The number of hydrogen-bond acceptors (Lipinski definition) is 3. The number of anilines is 1. The maximum atomic E-state index is 12.0. The largest absolute Gasteiger partial charge is 0.366 e. The second kappa shape index (κ2) is 7.92. The summed E-state index contributed by atoms with van der Waals surface area (Å²) in [6.07, 6.45) is 0.232. The molecular formula is C18H19N3O3. The van der Waals surface area contributed by atoms with Crippen molar-refractivity contribution in [3.63, 3.8) is 0 Å². The van der Waals surface area contributed by atoms with Crippen LogP contribution in [0.2, 0.25) is 0 Å². The third kappa shape index (κ3) is 5.24.